The summed E-state index contributed by atoms with van der Waals surface area (Å²) in [5, 5.41) is 7.08. The van der Waals surface area contributed by atoms with Crippen molar-refractivity contribution in [2.75, 3.05) is 18.0 Å². The number of aromatic nitrogens is 2. The molecule has 0 spiro atoms. The van der Waals surface area contributed by atoms with Gasteiger partial charge in [0.15, 0.2) is 0 Å². The fourth-order valence-corrected chi connectivity index (χ4v) is 3.11. The van der Waals surface area contributed by atoms with Gasteiger partial charge in [0.2, 0.25) is 5.91 Å². The van der Waals surface area contributed by atoms with Crippen LogP contribution in [0.4, 0.5) is 5.82 Å². The molecule has 0 saturated carbocycles. The number of hydrogen-bond acceptors (Lipinski definition) is 5. The van der Waals surface area contributed by atoms with Crippen molar-refractivity contribution in [2.24, 2.45) is 0 Å². The van der Waals surface area contributed by atoms with Crippen molar-refractivity contribution in [3.8, 4) is 11.3 Å². The standard InChI is InChI=1S/C14H16N4OS/c1-10(19)17-12-2-4-18(7-12)14-6-13(15-9-16-14)11-3-5-20-8-11/h3,5-6,8-9,12H,2,4,7H2,1H3,(H,17,19). The highest BCUT2D eigenvalue weighted by Gasteiger charge is 2.24. The van der Waals surface area contributed by atoms with Crippen LogP contribution < -0.4 is 10.2 Å². The van der Waals surface area contributed by atoms with Crippen LogP contribution in [0, 0.1) is 0 Å². The molecule has 1 atom stereocenters. The molecule has 3 heterocycles. The van der Waals surface area contributed by atoms with Gasteiger partial charge >= 0.3 is 0 Å². The molecule has 0 aromatic carbocycles. The fraction of sp³-hybridized carbons (Fsp3) is 0.357. The minimum atomic E-state index is 0.0264. The van der Waals surface area contributed by atoms with Crippen LogP contribution in [0.2, 0.25) is 0 Å². The van der Waals surface area contributed by atoms with Gasteiger partial charge in [0.25, 0.3) is 0 Å². The van der Waals surface area contributed by atoms with Crippen molar-refractivity contribution < 1.29 is 4.79 Å². The first-order chi connectivity index (χ1) is 9.72. The van der Waals surface area contributed by atoms with E-state index in [0.29, 0.717) is 0 Å². The average Bonchev–Trinajstić information content (AvgIpc) is 3.09. The van der Waals surface area contributed by atoms with Gasteiger partial charge in [0, 0.05) is 43.1 Å². The lowest BCUT2D eigenvalue weighted by molar-refractivity contribution is -0.119. The third-order valence-corrected chi connectivity index (χ3v) is 4.07. The van der Waals surface area contributed by atoms with Gasteiger partial charge in [-0.1, -0.05) is 0 Å². The minimum absolute atomic E-state index is 0.0264. The predicted molar refractivity (Wildman–Crippen MR) is 79.8 cm³/mol. The van der Waals surface area contributed by atoms with Gasteiger partial charge in [0.05, 0.1) is 5.69 Å². The molecule has 3 rings (SSSR count). The second-order valence-corrected chi connectivity index (χ2v) is 5.69. The largest absolute Gasteiger partial charge is 0.354 e. The van der Waals surface area contributed by atoms with E-state index in [-0.39, 0.29) is 11.9 Å². The Morgan fingerprint density at radius 3 is 3.15 bits per heavy atom. The molecule has 1 amide bonds. The van der Waals surface area contributed by atoms with Gasteiger partial charge in [-0.2, -0.15) is 11.3 Å². The predicted octanol–water partition coefficient (Wildman–Crippen LogP) is 1.92. The monoisotopic (exact) mass is 288 g/mol. The number of carbonyl (C=O) groups excluding carboxylic acids is 1. The van der Waals surface area contributed by atoms with Gasteiger partial charge in [-0.3, -0.25) is 4.79 Å². The topological polar surface area (TPSA) is 58.1 Å². The molecule has 1 N–H and O–H groups in total. The Balaban J connectivity index is 1.75. The minimum Gasteiger partial charge on any atom is -0.354 e. The second kappa shape index (κ2) is 5.58. The summed E-state index contributed by atoms with van der Waals surface area (Å²) in [5.41, 5.74) is 2.07. The van der Waals surface area contributed by atoms with E-state index in [9.17, 15) is 4.79 Å². The van der Waals surface area contributed by atoms with E-state index >= 15 is 0 Å². The van der Waals surface area contributed by atoms with Crippen LogP contribution in [0.3, 0.4) is 0 Å². The maximum Gasteiger partial charge on any atom is 0.217 e. The lowest BCUT2D eigenvalue weighted by Crippen LogP contribution is -2.35. The quantitative estimate of drug-likeness (QED) is 0.937. The summed E-state index contributed by atoms with van der Waals surface area (Å²) in [5.74, 6) is 0.951. The molecule has 104 valence electrons. The number of amides is 1. The number of carbonyl (C=O) groups is 1. The van der Waals surface area contributed by atoms with E-state index in [1.54, 1.807) is 24.6 Å². The molecule has 1 aliphatic rings. The average molecular weight is 288 g/mol. The van der Waals surface area contributed by atoms with E-state index in [2.05, 4.69) is 31.6 Å². The third kappa shape index (κ3) is 2.80. The summed E-state index contributed by atoms with van der Waals surface area (Å²) < 4.78 is 0. The van der Waals surface area contributed by atoms with Gasteiger partial charge in [0.1, 0.15) is 12.1 Å². The summed E-state index contributed by atoms with van der Waals surface area (Å²) in [6.45, 7) is 3.27. The highest BCUT2D eigenvalue weighted by atomic mass is 32.1. The number of anilines is 1. The zero-order chi connectivity index (χ0) is 13.9. The van der Waals surface area contributed by atoms with Crippen LogP contribution in [0.5, 0.6) is 0 Å². The Morgan fingerprint density at radius 2 is 2.40 bits per heavy atom. The smallest absolute Gasteiger partial charge is 0.217 e. The summed E-state index contributed by atoms with van der Waals surface area (Å²) in [6.07, 6.45) is 2.56. The maximum absolute atomic E-state index is 11.1. The van der Waals surface area contributed by atoms with E-state index in [0.717, 1.165) is 36.6 Å². The van der Waals surface area contributed by atoms with E-state index in [1.807, 2.05) is 11.4 Å². The molecule has 1 unspecified atom stereocenters. The molecular formula is C14H16N4OS. The molecule has 6 heteroatoms. The van der Waals surface area contributed by atoms with Crippen molar-refractivity contribution >= 4 is 23.1 Å². The first-order valence-electron chi connectivity index (χ1n) is 6.59. The Morgan fingerprint density at radius 1 is 1.50 bits per heavy atom. The Kier molecular flexibility index (Phi) is 3.64. The number of hydrogen-bond donors (Lipinski definition) is 1. The summed E-state index contributed by atoms with van der Waals surface area (Å²) in [7, 11) is 0. The highest BCUT2D eigenvalue weighted by Crippen LogP contribution is 2.24. The van der Waals surface area contributed by atoms with Crippen LogP contribution in [-0.4, -0.2) is 35.0 Å². The van der Waals surface area contributed by atoms with Crippen molar-refractivity contribution in [1.29, 1.82) is 0 Å². The summed E-state index contributed by atoms with van der Waals surface area (Å²) in [4.78, 5) is 22.0. The number of thiophene rings is 1. The van der Waals surface area contributed by atoms with Crippen molar-refractivity contribution in [1.82, 2.24) is 15.3 Å². The summed E-state index contributed by atoms with van der Waals surface area (Å²) >= 11 is 1.66. The number of nitrogens with zero attached hydrogens (tertiary/aromatic N) is 3. The highest BCUT2D eigenvalue weighted by molar-refractivity contribution is 7.08. The Bertz CT molecular complexity index is 599. The third-order valence-electron chi connectivity index (χ3n) is 3.39. The molecule has 1 fully saturated rings. The van der Waals surface area contributed by atoms with Gasteiger partial charge < -0.3 is 10.2 Å². The maximum atomic E-state index is 11.1. The Labute approximate surface area is 121 Å². The normalized spacial score (nSPS) is 18.2. The van der Waals surface area contributed by atoms with Crippen molar-refractivity contribution in [3.63, 3.8) is 0 Å². The van der Waals surface area contributed by atoms with E-state index in [4.69, 9.17) is 0 Å². The van der Waals surface area contributed by atoms with Gasteiger partial charge in [-0.15, -0.1) is 0 Å². The zero-order valence-corrected chi connectivity index (χ0v) is 12.1. The fourth-order valence-electron chi connectivity index (χ4n) is 2.46. The van der Waals surface area contributed by atoms with Crippen LogP contribution in [0.1, 0.15) is 13.3 Å². The number of rotatable bonds is 3. The summed E-state index contributed by atoms with van der Waals surface area (Å²) in [6, 6.07) is 4.28. The van der Waals surface area contributed by atoms with Crippen molar-refractivity contribution in [2.45, 2.75) is 19.4 Å². The SMILES string of the molecule is CC(=O)NC1CCN(c2cc(-c3ccsc3)ncn2)C1. The first-order valence-corrected chi connectivity index (χ1v) is 7.53. The van der Waals surface area contributed by atoms with Crippen LogP contribution in [0.15, 0.2) is 29.2 Å². The van der Waals surface area contributed by atoms with Crippen LogP contribution in [-0.2, 0) is 4.79 Å². The number of nitrogens with one attached hydrogen (secondary N) is 1. The van der Waals surface area contributed by atoms with E-state index < -0.39 is 0 Å². The van der Waals surface area contributed by atoms with Gasteiger partial charge in [-0.05, 0) is 17.9 Å². The second-order valence-electron chi connectivity index (χ2n) is 4.91. The first kappa shape index (κ1) is 13.1. The lowest BCUT2D eigenvalue weighted by Gasteiger charge is -2.17. The molecule has 2 aromatic rings. The Hall–Kier alpha value is -1.95. The lowest BCUT2D eigenvalue weighted by atomic mass is 10.2. The van der Waals surface area contributed by atoms with E-state index in [1.165, 1.54) is 0 Å². The molecule has 0 radical (unpaired) electrons. The van der Waals surface area contributed by atoms with Gasteiger partial charge in [-0.25, -0.2) is 9.97 Å². The molecule has 0 aliphatic carbocycles. The molecule has 0 bridgehead atoms. The zero-order valence-electron chi connectivity index (χ0n) is 11.2. The molecule has 5 nitrogen and oxygen atoms in total. The molecular weight excluding hydrogens is 272 g/mol. The molecule has 1 aliphatic heterocycles. The van der Waals surface area contributed by atoms with Crippen LogP contribution in [0.25, 0.3) is 11.3 Å². The molecule has 20 heavy (non-hydrogen) atoms. The molecule has 2 aromatic heterocycles. The molecule has 1 saturated heterocycles. The van der Waals surface area contributed by atoms with Crippen molar-refractivity contribution in [3.05, 3.63) is 29.2 Å². The van der Waals surface area contributed by atoms with Crippen LogP contribution >= 0.6 is 11.3 Å².